The Bertz CT molecular complexity index is 370. The van der Waals surface area contributed by atoms with Crippen molar-refractivity contribution in [2.24, 2.45) is 0 Å². The van der Waals surface area contributed by atoms with Gasteiger partial charge in [-0.1, -0.05) is 0 Å². The summed E-state index contributed by atoms with van der Waals surface area (Å²) in [6.45, 7) is 2.96. The number of nitrogens with one attached hydrogen (secondary N) is 4. The number of hydrogen-bond acceptors (Lipinski definition) is 4. The van der Waals surface area contributed by atoms with Crippen molar-refractivity contribution < 1.29 is 24.3 Å². The second-order valence-electron chi connectivity index (χ2n) is 4.25. The van der Waals surface area contributed by atoms with E-state index in [0.717, 1.165) is 0 Å². The zero-order chi connectivity index (χ0) is 15.5. The molecule has 114 valence electrons. The average molecular weight is 288 g/mol. The van der Waals surface area contributed by atoms with Crippen molar-refractivity contribution in [3.8, 4) is 0 Å². The minimum atomic E-state index is -1.17. The second-order valence-corrected chi connectivity index (χ2v) is 4.25. The largest absolute Gasteiger partial charge is 0.480 e. The molecule has 9 heteroatoms. The molecule has 0 saturated heterocycles. The first kappa shape index (κ1) is 17.7. The Morgan fingerprint density at radius 1 is 0.950 bits per heavy atom. The lowest BCUT2D eigenvalue weighted by Crippen LogP contribution is -2.44. The standard InChI is InChI=1S/C11H20N4O5/c1-7(2)15-8(16)3-4-12-11(20)14-5-9(17)13-6-10(18)19/h7H,3-6H2,1-2H3,(H,13,17)(H,15,16)(H,18,19)(H2,12,14,20). The minimum absolute atomic E-state index is 0.0363. The van der Waals surface area contributed by atoms with Crippen molar-refractivity contribution >= 4 is 23.8 Å². The zero-order valence-corrected chi connectivity index (χ0v) is 11.5. The maximum atomic E-state index is 11.2. The first-order chi connectivity index (χ1) is 9.31. The molecule has 0 aromatic rings. The summed E-state index contributed by atoms with van der Waals surface area (Å²) in [5.41, 5.74) is 0. The van der Waals surface area contributed by atoms with Crippen molar-refractivity contribution in [1.82, 2.24) is 21.3 Å². The zero-order valence-electron chi connectivity index (χ0n) is 11.5. The Labute approximate surface area is 116 Å². The predicted octanol–water partition coefficient (Wildman–Crippen LogP) is -1.60. The molecular formula is C11H20N4O5. The summed E-state index contributed by atoms with van der Waals surface area (Å²) in [6, 6.07) is -0.568. The fourth-order valence-corrected chi connectivity index (χ4v) is 1.14. The van der Waals surface area contributed by atoms with Gasteiger partial charge in [-0.05, 0) is 13.8 Å². The summed E-state index contributed by atoms with van der Waals surface area (Å²) < 4.78 is 0. The summed E-state index contributed by atoms with van der Waals surface area (Å²) in [5.74, 6) is -1.96. The lowest BCUT2D eigenvalue weighted by Gasteiger charge is -2.09. The van der Waals surface area contributed by atoms with Crippen LogP contribution in [-0.4, -0.2) is 54.6 Å². The van der Waals surface area contributed by atoms with Crippen LogP contribution in [0.1, 0.15) is 20.3 Å². The highest BCUT2D eigenvalue weighted by Crippen LogP contribution is 1.82. The first-order valence-corrected chi connectivity index (χ1v) is 6.10. The molecule has 0 aliphatic carbocycles. The third kappa shape index (κ3) is 10.8. The van der Waals surface area contributed by atoms with Gasteiger partial charge in [-0.25, -0.2) is 4.79 Å². The van der Waals surface area contributed by atoms with E-state index in [1.54, 1.807) is 0 Å². The molecule has 0 heterocycles. The van der Waals surface area contributed by atoms with E-state index < -0.39 is 24.5 Å². The van der Waals surface area contributed by atoms with Gasteiger partial charge in [0.05, 0.1) is 6.54 Å². The number of amides is 4. The molecule has 0 aliphatic rings. The highest BCUT2D eigenvalue weighted by molar-refractivity contribution is 5.86. The van der Waals surface area contributed by atoms with Gasteiger partial charge >= 0.3 is 12.0 Å². The van der Waals surface area contributed by atoms with Crippen LogP contribution >= 0.6 is 0 Å². The molecule has 0 aromatic carbocycles. The molecule has 0 radical (unpaired) electrons. The van der Waals surface area contributed by atoms with Crippen LogP contribution in [0.5, 0.6) is 0 Å². The first-order valence-electron chi connectivity index (χ1n) is 6.10. The Kier molecular flexibility index (Phi) is 8.48. The highest BCUT2D eigenvalue weighted by Gasteiger charge is 2.07. The van der Waals surface area contributed by atoms with Crippen molar-refractivity contribution in [2.45, 2.75) is 26.3 Å². The van der Waals surface area contributed by atoms with Crippen LogP contribution in [0, 0.1) is 0 Å². The molecule has 0 aromatic heterocycles. The normalized spacial score (nSPS) is 9.75. The summed E-state index contributed by atoms with van der Waals surface area (Å²) in [4.78, 5) is 43.7. The quantitative estimate of drug-likeness (QED) is 0.366. The second kappa shape index (κ2) is 9.59. The van der Waals surface area contributed by atoms with E-state index >= 15 is 0 Å². The molecule has 0 fully saturated rings. The van der Waals surface area contributed by atoms with Gasteiger partial charge in [-0.15, -0.1) is 0 Å². The van der Waals surface area contributed by atoms with E-state index in [1.165, 1.54) is 0 Å². The number of carboxylic acids is 1. The number of carbonyl (C=O) groups is 4. The number of rotatable bonds is 8. The number of carboxylic acid groups (broad SMARTS) is 1. The van der Waals surface area contributed by atoms with Crippen molar-refractivity contribution in [3.63, 3.8) is 0 Å². The monoisotopic (exact) mass is 288 g/mol. The van der Waals surface area contributed by atoms with Gasteiger partial charge in [0.2, 0.25) is 11.8 Å². The van der Waals surface area contributed by atoms with E-state index in [4.69, 9.17) is 5.11 Å². The molecule has 0 atom stereocenters. The average Bonchev–Trinajstić information content (AvgIpc) is 2.32. The van der Waals surface area contributed by atoms with Crippen LogP contribution in [0.15, 0.2) is 0 Å². The van der Waals surface area contributed by atoms with Gasteiger partial charge in [-0.2, -0.15) is 0 Å². The molecule has 0 bridgehead atoms. The molecule has 0 aliphatic heterocycles. The van der Waals surface area contributed by atoms with E-state index in [-0.39, 0.29) is 31.5 Å². The minimum Gasteiger partial charge on any atom is -0.480 e. The molecular weight excluding hydrogens is 268 g/mol. The van der Waals surface area contributed by atoms with Crippen LogP contribution in [0.2, 0.25) is 0 Å². The Hall–Kier alpha value is -2.32. The number of hydrogen-bond donors (Lipinski definition) is 5. The van der Waals surface area contributed by atoms with Crippen molar-refractivity contribution in [1.29, 1.82) is 0 Å². The van der Waals surface area contributed by atoms with Gasteiger partial charge in [0.25, 0.3) is 0 Å². The fraction of sp³-hybridized carbons (Fsp3) is 0.636. The molecule has 0 saturated carbocycles. The summed E-state index contributed by atoms with van der Waals surface area (Å²) in [5, 5.41) is 17.7. The fourth-order valence-electron chi connectivity index (χ4n) is 1.14. The topological polar surface area (TPSA) is 137 Å². The van der Waals surface area contributed by atoms with Crippen LogP contribution in [-0.2, 0) is 14.4 Å². The Morgan fingerprint density at radius 3 is 2.15 bits per heavy atom. The van der Waals surface area contributed by atoms with E-state index in [9.17, 15) is 19.2 Å². The Balaban J connectivity index is 3.66. The van der Waals surface area contributed by atoms with Crippen molar-refractivity contribution in [2.75, 3.05) is 19.6 Å². The predicted molar refractivity (Wildman–Crippen MR) is 69.9 cm³/mol. The third-order valence-corrected chi connectivity index (χ3v) is 1.93. The van der Waals surface area contributed by atoms with E-state index in [1.807, 2.05) is 13.8 Å². The maximum Gasteiger partial charge on any atom is 0.322 e. The SMILES string of the molecule is CC(C)NC(=O)CCNC(=O)NCC(=O)NCC(=O)O. The van der Waals surface area contributed by atoms with Crippen LogP contribution in [0.4, 0.5) is 4.79 Å². The van der Waals surface area contributed by atoms with Gasteiger partial charge in [-0.3, -0.25) is 14.4 Å². The van der Waals surface area contributed by atoms with Gasteiger partial charge in [0.1, 0.15) is 6.54 Å². The van der Waals surface area contributed by atoms with Crippen LogP contribution < -0.4 is 21.3 Å². The third-order valence-electron chi connectivity index (χ3n) is 1.93. The van der Waals surface area contributed by atoms with Gasteiger partial charge in [0, 0.05) is 19.0 Å². The maximum absolute atomic E-state index is 11.2. The molecule has 0 rings (SSSR count). The summed E-state index contributed by atoms with van der Waals surface area (Å²) in [7, 11) is 0. The van der Waals surface area contributed by atoms with E-state index in [2.05, 4.69) is 21.3 Å². The van der Waals surface area contributed by atoms with Crippen molar-refractivity contribution in [3.05, 3.63) is 0 Å². The molecule has 5 N–H and O–H groups in total. The summed E-state index contributed by atoms with van der Waals surface area (Å²) >= 11 is 0. The van der Waals surface area contributed by atoms with E-state index in [0.29, 0.717) is 0 Å². The smallest absolute Gasteiger partial charge is 0.322 e. The highest BCUT2D eigenvalue weighted by atomic mass is 16.4. The molecule has 0 spiro atoms. The lowest BCUT2D eigenvalue weighted by atomic mass is 10.3. The lowest BCUT2D eigenvalue weighted by molar-refractivity contribution is -0.137. The Morgan fingerprint density at radius 2 is 1.60 bits per heavy atom. The number of urea groups is 1. The number of aliphatic carboxylic acids is 1. The van der Waals surface area contributed by atoms with Gasteiger partial charge < -0.3 is 26.4 Å². The molecule has 9 nitrogen and oxygen atoms in total. The molecule has 0 unspecified atom stereocenters. The summed E-state index contributed by atoms with van der Waals surface area (Å²) in [6.07, 6.45) is 0.136. The van der Waals surface area contributed by atoms with Crippen LogP contribution in [0.25, 0.3) is 0 Å². The molecule has 4 amide bonds. The number of carbonyl (C=O) groups excluding carboxylic acids is 3. The van der Waals surface area contributed by atoms with Gasteiger partial charge in [0.15, 0.2) is 0 Å². The molecule has 20 heavy (non-hydrogen) atoms. The van der Waals surface area contributed by atoms with Crippen LogP contribution in [0.3, 0.4) is 0 Å².